The molecule has 1 fully saturated rings. The number of alkyl halides is 3. The van der Waals surface area contributed by atoms with E-state index in [9.17, 15) is 27.6 Å². The number of aryl methyl sites for hydroxylation is 2. The van der Waals surface area contributed by atoms with Gasteiger partial charge in [-0.1, -0.05) is 24.3 Å². The molecule has 2 aliphatic rings. The molecule has 5 rings (SSSR count). The monoisotopic (exact) mass is 664 g/mol. The van der Waals surface area contributed by atoms with Crippen LogP contribution in [0.5, 0.6) is 5.75 Å². The highest BCUT2D eigenvalue weighted by Crippen LogP contribution is 2.42. The Morgan fingerprint density at radius 2 is 1.88 bits per heavy atom. The van der Waals surface area contributed by atoms with Crippen LogP contribution in [0.15, 0.2) is 60.7 Å². The van der Waals surface area contributed by atoms with E-state index in [0.717, 1.165) is 33.8 Å². The maximum absolute atomic E-state index is 14.1. The first-order valence-corrected chi connectivity index (χ1v) is 15.5. The van der Waals surface area contributed by atoms with Crippen molar-refractivity contribution >= 4 is 40.6 Å². The highest BCUT2D eigenvalue weighted by Gasteiger charge is 2.49. The van der Waals surface area contributed by atoms with Gasteiger partial charge in [0.25, 0.3) is 0 Å². The van der Waals surface area contributed by atoms with E-state index in [4.69, 9.17) is 4.74 Å². The lowest BCUT2D eigenvalue weighted by molar-refractivity contribution is -0.137. The van der Waals surface area contributed by atoms with Gasteiger partial charge in [-0.2, -0.15) is 13.2 Å². The lowest BCUT2D eigenvalue weighted by Gasteiger charge is -2.39. The van der Waals surface area contributed by atoms with E-state index in [-0.39, 0.29) is 30.4 Å². The summed E-state index contributed by atoms with van der Waals surface area (Å²) in [5.41, 5.74) is 2.79. The van der Waals surface area contributed by atoms with Crippen molar-refractivity contribution in [3.63, 3.8) is 0 Å². The molecule has 1 saturated heterocycles. The van der Waals surface area contributed by atoms with Crippen molar-refractivity contribution in [2.75, 3.05) is 61.4 Å². The molecule has 0 saturated carbocycles. The number of nitrogens with zero attached hydrogens (tertiary/aromatic N) is 5. The van der Waals surface area contributed by atoms with Gasteiger partial charge in [-0.3, -0.25) is 19.3 Å². The van der Waals surface area contributed by atoms with Crippen molar-refractivity contribution in [2.24, 2.45) is 5.92 Å². The Morgan fingerprint density at radius 1 is 1.12 bits per heavy atom. The molecule has 10 nitrogen and oxygen atoms in total. The molecule has 13 heteroatoms. The first kappa shape index (κ1) is 34.4. The van der Waals surface area contributed by atoms with Gasteiger partial charge in [0.05, 0.1) is 29.7 Å². The van der Waals surface area contributed by atoms with Gasteiger partial charge >= 0.3 is 6.18 Å². The summed E-state index contributed by atoms with van der Waals surface area (Å²) in [6.07, 6.45) is -1.48. The van der Waals surface area contributed by atoms with Crippen LogP contribution >= 0.6 is 0 Å². The summed E-state index contributed by atoms with van der Waals surface area (Å²) in [5, 5.41) is 2.85. The summed E-state index contributed by atoms with van der Waals surface area (Å²) in [7, 11) is 6.93. The molecule has 0 unspecified atom stereocenters. The van der Waals surface area contributed by atoms with Crippen LogP contribution in [0.25, 0.3) is 0 Å². The second-order valence-corrected chi connectivity index (χ2v) is 12.4. The van der Waals surface area contributed by atoms with E-state index < -0.39 is 35.5 Å². The van der Waals surface area contributed by atoms with Crippen LogP contribution in [0.2, 0.25) is 0 Å². The third-order valence-electron chi connectivity index (χ3n) is 8.51. The van der Waals surface area contributed by atoms with Gasteiger partial charge in [0, 0.05) is 50.8 Å². The lowest BCUT2D eigenvalue weighted by Crippen LogP contribution is -2.52. The number of rotatable bonds is 8. The Bertz CT molecular complexity index is 1760. The maximum Gasteiger partial charge on any atom is 0.416 e. The molecule has 3 aromatic rings. The van der Waals surface area contributed by atoms with Gasteiger partial charge in [-0.05, 0) is 69.4 Å². The quantitative estimate of drug-likeness (QED) is 0.331. The van der Waals surface area contributed by atoms with Crippen LogP contribution in [0, 0.1) is 19.8 Å². The molecule has 2 aliphatic heterocycles. The summed E-state index contributed by atoms with van der Waals surface area (Å²) in [4.78, 5) is 51.1. The third-order valence-corrected chi connectivity index (χ3v) is 8.51. The number of benzene rings is 2. The number of carbonyl (C=O) groups excluding carboxylic acids is 3. The molecule has 2 atom stereocenters. The van der Waals surface area contributed by atoms with E-state index in [1.807, 2.05) is 56.3 Å². The molecule has 0 bridgehead atoms. The number of amides is 3. The SMILES string of the molecule is COc1cc(CN2C[C@H]3CC(=O)N(c4cc(C(F)(F)F)cc(C)n4)[C@@H]3C(=O)N(C)c3cccc(C)c32)ccc1NC(=O)/C=C/CN(C)C. The minimum absolute atomic E-state index is 0.0471. The summed E-state index contributed by atoms with van der Waals surface area (Å²) < 4.78 is 46.9. The minimum Gasteiger partial charge on any atom is -0.495 e. The number of halogens is 3. The van der Waals surface area contributed by atoms with E-state index in [1.54, 1.807) is 19.2 Å². The molecule has 1 N–H and O–H groups in total. The number of pyridine rings is 1. The molecular formula is C35H39F3N6O4. The van der Waals surface area contributed by atoms with Crippen molar-refractivity contribution in [1.82, 2.24) is 9.88 Å². The average molecular weight is 665 g/mol. The summed E-state index contributed by atoms with van der Waals surface area (Å²) in [6.45, 7) is 4.60. The average Bonchev–Trinajstić information content (AvgIpc) is 3.34. The van der Waals surface area contributed by atoms with Gasteiger partial charge in [0.15, 0.2) is 0 Å². The van der Waals surface area contributed by atoms with Crippen molar-refractivity contribution in [1.29, 1.82) is 0 Å². The summed E-state index contributed by atoms with van der Waals surface area (Å²) in [5.74, 6) is -1.46. The van der Waals surface area contributed by atoms with Crippen LogP contribution < -0.4 is 24.8 Å². The number of para-hydroxylation sites is 1. The number of aromatic nitrogens is 1. The fraction of sp³-hybridized carbons (Fsp3) is 0.371. The Hall–Kier alpha value is -4.91. The standard InChI is InChI=1S/C35H39F3N6O4/c1-21-9-7-10-27-32(21)43(19-23-12-13-26(28(16-23)48-6)40-30(45)11-8-14-41(3)4)20-24-17-31(46)44(33(24)34(47)42(27)5)29-18-25(35(36,37)38)15-22(2)39-29/h7-13,15-16,18,24,33H,14,17,19-20H2,1-6H3,(H,40,45)/b11-8+/t24-,33+/m1/s1. The Labute approximate surface area is 277 Å². The molecule has 2 aromatic carbocycles. The smallest absolute Gasteiger partial charge is 0.416 e. The summed E-state index contributed by atoms with van der Waals surface area (Å²) in [6, 6.07) is 11.7. The van der Waals surface area contributed by atoms with Gasteiger partial charge in [-0.15, -0.1) is 0 Å². The number of hydrogen-bond acceptors (Lipinski definition) is 7. The third kappa shape index (κ3) is 7.15. The number of carbonyl (C=O) groups is 3. The highest BCUT2D eigenvalue weighted by atomic mass is 19.4. The molecule has 254 valence electrons. The fourth-order valence-corrected chi connectivity index (χ4v) is 6.35. The topological polar surface area (TPSA) is 98.3 Å². The fourth-order valence-electron chi connectivity index (χ4n) is 6.35. The number of methoxy groups -OCH3 is 1. The predicted octanol–water partition coefficient (Wildman–Crippen LogP) is 5.19. The van der Waals surface area contributed by atoms with Crippen molar-refractivity contribution < 1.29 is 32.3 Å². The largest absolute Gasteiger partial charge is 0.495 e. The van der Waals surface area contributed by atoms with Gasteiger partial charge in [0.2, 0.25) is 17.7 Å². The van der Waals surface area contributed by atoms with Crippen LogP contribution in [-0.4, -0.2) is 75.0 Å². The van der Waals surface area contributed by atoms with Gasteiger partial charge in [0.1, 0.15) is 17.6 Å². The Morgan fingerprint density at radius 3 is 2.56 bits per heavy atom. The molecule has 48 heavy (non-hydrogen) atoms. The second kappa shape index (κ2) is 13.7. The molecule has 0 radical (unpaired) electrons. The number of hydrogen-bond donors (Lipinski definition) is 1. The zero-order valence-electron chi connectivity index (χ0n) is 27.8. The lowest BCUT2D eigenvalue weighted by atomic mass is 9.94. The second-order valence-electron chi connectivity index (χ2n) is 12.4. The van der Waals surface area contributed by atoms with Gasteiger partial charge in [-0.25, -0.2) is 4.98 Å². The predicted molar refractivity (Wildman–Crippen MR) is 178 cm³/mol. The summed E-state index contributed by atoms with van der Waals surface area (Å²) >= 11 is 0. The molecular weight excluding hydrogens is 625 g/mol. The van der Waals surface area contributed by atoms with Crippen LogP contribution in [0.3, 0.4) is 0 Å². The normalized spacial score (nSPS) is 18.2. The maximum atomic E-state index is 14.1. The number of fused-ring (bicyclic) bond motifs is 2. The molecule has 3 heterocycles. The van der Waals surface area contributed by atoms with Gasteiger partial charge < -0.3 is 24.8 Å². The molecule has 0 aliphatic carbocycles. The Kier molecular flexibility index (Phi) is 9.81. The first-order valence-electron chi connectivity index (χ1n) is 15.5. The highest BCUT2D eigenvalue weighted by molar-refractivity contribution is 6.10. The van der Waals surface area contributed by atoms with E-state index in [2.05, 4.69) is 15.2 Å². The van der Waals surface area contributed by atoms with Crippen LogP contribution in [0.4, 0.5) is 36.1 Å². The zero-order chi connectivity index (χ0) is 34.9. The number of likely N-dealkylation sites (N-methyl/N-ethyl adjacent to an activating group) is 2. The molecule has 1 aromatic heterocycles. The number of anilines is 4. The van der Waals surface area contributed by atoms with Crippen LogP contribution in [0.1, 0.15) is 28.8 Å². The Balaban J connectivity index is 1.50. The van der Waals surface area contributed by atoms with E-state index in [1.165, 1.54) is 25.0 Å². The number of ether oxygens (including phenoxy) is 1. The first-order chi connectivity index (χ1) is 22.7. The van der Waals surface area contributed by atoms with Crippen molar-refractivity contribution in [3.05, 3.63) is 83.1 Å². The molecule has 3 amide bonds. The number of nitrogens with one attached hydrogen (secondary N) is 1. The zero-order valence-corrected chi connectivity index (χ0v) is 27.8. The van der Waals surface area contributed by atoms with Crippen molar-refractivity contribution in [2.45, 2.75) is 39.0 Å². The minimum atomic E-state index is -4.65. The van der Waals surface area contributed by atoms with Crippen LogP contribution in [-0.2, 0) is 27.1 Å². The van der Waals surface area contributed by atoms with Crippen molar-refractivity contribution in [3.8, 4) is 5.75 Å². The van der Waals surface area contributed by atoms with E-state index >= 15 is 0 Å². The van der Waals surface area contributed by atoms with E-state index in [0.29, 0.717) is 30.2 Å². The molecule has 0 spiro atoms.